The molecular weight excluding hydrogens is 169 g/mol. The van der Waals surface area contributed by atoms with Gasteiger partial charge in [0.15, 0.2) is 0 Å². The van der Waals surface area contributed by atoms with E-state index >= 15 is 0 Å². The lowest BCUT2D eigenvalue weighted by molar-refractivity contribution is 0.272. The molecule has 0 spiro atoms. The van der Waals surface area contributed by atoms with Crippen molar-refractivity contribution in [1.82, 2.24) is 0 Å². The fourth-order valence-electron chi connectivity index (χ4n) is 1.50. The molecule has 2 rings (SSSR count). The minimum absolute atomic E-state index is 0.216. The molecule has 70 valence electrons. The summed E-state index contributed by atoms with van der Waals surface area (Å²) in [4.78, 5) is 1.91. The number of likely N-dealkylation sites (N-methyl/N-ethyl adjacent to an activating group) is 1. The smallest absolute Gasteiger partial charge is 0.150 e. The van der Waals surface area contributed by atoms with Crippen LogP contribution in [0.2, 0.25) is 0 Å². The van der Waals surface area contributed by atoms with Gasteiger partial charge in [-0.2, -0.15) is 0 Å². The molecule has 1 aromatic carbocycles. The molecule has 0 bridgehead atoms. The number of para-hydroxylation sites is 1. The van der Waals surface area contributed by atoms with Gasteiger partial charge in [0.25, 0.3) is 0 Å². The largest absolute Gasteiger partial charge is 0.489 e. The molecule has 2 nitrogen and oxygen atoms in total. The number of halogens is 1. The van der Waals surface area contributed by atoms with Gasteiger partial charge in [-0.05, 0) is 19.1 Å². The topological polar surface area (TPSA) is 12.5 Å². The molecule has 0 saturated carbocycles. The van der Waals surface area contributed by atoms with Gasteiger partial charge in [-0.15, -0.1) is 0 Å². The maximum atomic E-state index is 13.4. The highest BCUT2D eigenvalue weighted by Gasteiger charge is 2.23. The second-order valence-corrected chi connectivity index (χ2v) is 3.36. The average molecular weight is 181 g/mol. The summed E-state index contributed by atoms with van der Waals surface area (Å²) in [6, 6.07) is 5.14. The number of rotatable bonds is 0. The van der Waals surface area contributed by atoms with Crippen molar-refractivity contribution in [2.45, 2.75) is 13.0 Å². The molecule has 1 unspecified atom stereocenters. The predicted molar refractivity (Wildman–Crippen MR) is 49.8 cm³/mol. The standard InChI is InChI=1S/C10H12FNO/c1-7-6-13-9-5-3-4-8(11)10(9)12(7)2/h3-5,7H,6H2,1-2H3. The van der Waals surface area contributed by atoms with Crippen molar-refractivity contribution in [2.75, 3.05) is 18.6 Å². The fourth-order valence-corrected chi connectivity index (χ4v) is 1.50. The fraction of sp³-hybridized carbons (Fsp3) is 0.400. The Kier molecular flexibility index (Phi) is 1.87. The van der Waals surface area contributed by atoms with Gasteiger partial charge >= 0.3 is 0 Å². The zero-order valence-electron chi connectivity index (χ0n) is 7.75. The van der Waals surface area contributed by atoms with Gasteiger partial charge in [-0.25, -0.2) is 4.39 Å². The third-order valence-corrected chi connectivity index (χ3v) is 2.44. The molecule has 0 N–H and O–H groups in total. The van der Waals surface area contributed by atoms with Crippen molar-refractivity contribution in [3.05, 3.63) is 24.0 Å². The molecule has 0 fully saturated rings. The zero-order valence-corrected chi connectivity index (χ0v) is 7.75. The first kappa shape index (κ1) is 8.35. The summed E-state index contributed by atoms with van der Waals surface area (Å²) >= 11 is 0. The summed E-state index contributed by atoms with van der Waals surface area (Å²) in [6.45, 7) is 2.63. The Morgan fingerprint density at radius 3 is 3.08 bits per heavy atom. The lowest BCUT2D eigenvalue weighted by Gasteiger charge is -2.33. The van der Waals surface area contributed by atoms with Crippen molar-refractivity contribution < 1.29 is 9.13 Å². The maximum Gasteiger partial charge on any atom is 0.150 e. The number of anilines is 1. The number of benzene rings is 1. The molecule has 0 aromatic heterocycles. The number of hydrogen-bond donors (Lipinski definition) is 0. The Balaban J connectivity index is 2.51. The molecule has 1 aliphatic rings. The van der Waals surface area contributed by atoms with Crippen LogP contribution in [-0.4, -0.2) is 19.7 Å². The van der Waals surface area contributed by atoms with Gasteiger partial charge in [0.05, 0.1) is 6.04 Å². The first-order valence-electron chi connectivity index (χ1n) is 4.34. The van der Waals surface area contributed by atoms with Crippen LogP contribution in [-0.2, 0) is 0 Å². The van der Waals surface area contributed by atoms with Gasteiger partial charge in [-0.1, -0.05) is 6.07 Å². The SMILES string of the molecule is CC1COc2cccc(F)c2N1C. The van der Waals surface area contributed by atoms with E-state index in [1.54, 1.807) is 12.1 Å². The molecule has 0 amide bonds. The van der Waals surface area contributed by atoms with E-state index in [-0.39, 0.29) is 11.9 Å². The van der Waals surface area contributed by atoms with Crippen LogP contribution in [0.5, 0.6) is 5.75 Å². The summed E-state index contributed by atoms with van der Waals surface area (Å²) in [5, 5.41) is 0. The van der Waals surface area contributed by atoms with Crippen LogP contribution in [0.1, 0.15) is 6.92 Å². The maximum absolute atomic E-state index is 13.4. The van der Waals surface area contributed by atoms with Crippen molar-refractivity contribution in [2.24, 2.45) is 0 Å². The Bertz CT molecular complexity index is 327. The molecule has 0 saturated heterocycles. The number of ether oxygens (including phenoxy) is 1. The Labute approximate surface area is 76.9 Å². The minimum atomic E-state index is -0.216. The highest BCUT2D eigenvalue weighted by atomic mass is 19.1. The van der Waals surface area contributed by atoms with Gasteiger partial charge in [0, 0.05) is 7.05 Å². The van der Waals surface area contributed by atoms with Crippen LogP contribution in [0.4, 0.5) is 10.1 Å². The molecule has 1 atom stereocenters. The van der Waals surface area contributed by atoms with Crippen LogP contribution < -0.4 is 9.64 Å². The zero-order chi connectivity index (χ0) is 9.42. The van der Waals surface area contributed by atoms with Gasteiger partial charge in [0.1, 0.15) is 23.9 Å². The second-order valence-electron chi connectivity index (χ2n) is 3.36. The number of fused-ring (bicyclic) bond motifs is 1. The number of hydrogen-bond acceptors (Lipinski definition) is 2. The first-order valence-corrected chi connectivity index (χ1v) is 4.34. The molecular formula is C10H12FNO. The Morgan fingerprint density at radius 2 is 2.31 bits per heavy atom. The van der Waals surface area contributed by atoms with Gasteiger partial charge < -0.3 is 9.64 Å². The molecule has 3 heteroatoms. The van der Waals surface area contributed by atoms with Crippen LogP contribution in [0, 0.1) is 5.82 Å². The van der Waals surface area contributed by atoms with E-state index in [1.165, 1.54) is 6.07 Å². The highest BCUT2D eigenvalue weighted by molar-refractivity contribution is 5.60. The van der Waals surface area contributed by atoms with Crippen molar-refractivity contribution in [3.8, 4) is 5.75 Å². The average Bonchev–Trinajstić information content (AvgIpc) is 2.12. The van der Waals surface area contributed by atoms with E-state index in [4.69, 9.17) is 4.74 Å². The van der Waals surface area contributed by atoms with Gasteiger partial charge in [-0.3, -0.25) is 0 Å². The van der Waals surface area contributed by atoms with Gasteiger partial charge in [0.2, 0.25) is 0 Å². The van der Waals surface area contributed by atoms with E-state index in [0.717, 1.165) is 0 Å². The summed E-state index contributed by atoms with van der Waals surface area (Å²) in [5.74, 6) is 0.423. The highest BCUT2D eigenvalue weighted by Crippen LogP contribution is 2.34. The van der Waals surface area contributed by atoms with E-state index in [9.17, 15) is 4.39 Å². The van der Waals surface area contributed by atoms with E-state index in [0.29, 0.717) is 18.0 Å². The molecule has 1 aliphatic heterocycles. The predicted octanol–water partition coefficient (Wildman–Crippen LogP) is 2.04. The molecule has 0 radical (unpaired) electrons. The third kappa shape index (κ3) is 1.24. The molecule has 0 aliphatic carbocycles. The number of nitrogens with zero attached hydrogens (tertiary/aromatic N) is 1. The summed E-state index contributed by atoms with van der Waals surface area (Å²) in [7, 11) is 1.88. The lowest BCUT2D eigenvalue weighted by atomic mass is 10.2. The lowest BCUT2D eigenvalue weighted by Crippen LogP contribution is -2.38. The monoisotopic (exact) mass is 181 g/mol. The van der Waals surface area contributed by atoms with E-state index in [2.05, 4.69) is 0 Å². The summed E-state index contributed by atoms with van der Waals surface area (Å²) in [6.07, 6.45) is 0. The molecule has 1 aromatic rings. The molecule has 13 heavy (non-hydrogen) atoms. The Hall–Kier alpha value is -1.25. The summed E-state index contributed by atoms with van der Waals surface area (Å²) < 4.78 is 18.8. The third-order valence-electron chi connectivity index (χ3n) is 2.44. The van der Waals surface area contributed by atoms with Crippen LogP contribution >= 0.6 is 0 Å². The van der Waals surface area contributed by atoms with Crippen molar-refractivity contribution in [3.63, 3.8) is 0 Å². The van der Waals surface area contributed by atoms with Crippen LogP contribution in [0.15, 0.2) is 18.2 Å². The normalized spacial score (nSPS) is 20.8. The quantitative estimate of drug-likeness (QED) is 0.607. The van der Waals surface area contributed by atoms with Crippen LogP contribution in [0.25, 0.3) is 0 Å². The van der Waals surface area contributed by atoms with Crippen LogP contribution in [0.3, 0.4) is 0 Å². The van der Waals surface area contributed by atoms with E-state index in [1.807, 2.05) is 18.9 Å². The summed E-state index contributed by atoms with van der Waals surface area (Å²) in [5.41, 5.74) is 0.571. The molecule has 1 heterocycles. The first-order chi connectivity index (χ1) is 6.20. The van der Waals surface area contributed by atoms with E-state index < -0.39 is 0 Å². The Morgan fingerprint density at radius 1 is 1.54 bits per heavy atom. The van der Waals surface area contributed by atoms with Crippen molar-refractivity contribution >= 4 is 5.69 Å². The van der Waals surface area contributed by atoms with Crippen molar-refractivity contribution in [1.29, 1.82) is 0 Å². The second kappa shape index (κ2) is 2.91. The minimum Gasteiger partial charge on any atom is -0.489 e.